The molecule has 0 radical (unpaired) electrons. The van der Waals surface area contributed by atoms with Crippen LogP contribution in [0.25, 0.3) is 0 Å². The summed E-state index contributed by atoms with van der Waals surface area (Å²) in [4.78, 5) is 2.65. The van der Waals surface area contributed by atoms with E-state index in [1.54, 1.807) is 0 Å². The normalized spacial score (nSPS) is 26.8. The minimum Gasteiger partial charge on any atom is -0.315 e. The monoisotopic (exact) mass is 184 g/mol. The van der Waals surface area contributed by atoms with Crippen LogP contribution < -0.4 is 5.32 Å². The summed E-state index contributed by atoms with van der Waals surface area (Å²) in [5, 5.41) is 3.47. The zero-order valence-electron chi connectivity index (χ0n) is 9.56. The largest absolute Gasteiger partial charge is 0.315 e. The predicted octanol–water partition coefficient (Wildman–Crippen LogP) is 1.86. The van der Waals surface area contributed by atoms with E-state index in [9.17, 15) is 0 Å². The van der Waals surface area contributed by atoms with Gasteiger partial charge in [0, 0.05) is 24.7 Å². The summed E-state index contributed by atoms with van der Waals surface area (Å²) < 4.78 is 0. The van der Waals surface area contributed by atoms with Gasteiger partial charge in [-0.25, -0.2) is 0 Å². The Morgan fingerprint density at radius 3 is 2.69 bits per heavy atom. The molecule has 2 heteroatoms. The third-order valence-electron chi connectivity index (χ3n) is 3.34. The van der Waals surface area contributed by atoms with E-state index < -0.39 is 0 Å². The Kier molecular flexibility index (Phi) is 3.74. The van der Waals surface area contributed by atoms with Gasteiger partial charge in [-0.15, -0.1) is 0 Å². The first-order valence-electron chi connectivity index (χ1n) is 5.55. The van der Waals surface area contributed by atoms with Crippen molar-refractivity contribution in [1.82, 2.24) is 10.2 Å². The van der Waals surface area contributed by atoms with E-state index in [4.69, 9.17) is 0 Å². The molecule has 0 aromatic carbocycles. The van der Waals surface area contributed by atoms with Crippen LogP contribution in [0.3, 0.4) is 0 Å². The van der Waals surface area contributed by atoms with Crippen LogP contribution in [0.15, 0.2) is 0 Å². The molecule has 1 N–H and O–H groups in total. The van der Waals surface area contributed by atoms with Crippen molar-refractivity contribution in [2.45, 2.75) is 52.1 Å². The predicted molar refractivity (Wildman–Crippen MR) is 58.0 cm³/mol. The van der Waals surface area contributed by atoms with Gasteiger partial charge in [0.1, 0.15) is 0 Å². The highest BCUT2D eigenvalue weighted by Gasteiger charge is 2.30. The fourth-order valence-corrected chi connectivity index (χ4v) is 2.20. The van der Waals surface area contributed by atoms with E-state index in [1.807, 2.05) is 0 Å². The van der Waals surface area contributed by atoms with Crippen LogP contribution in [0.2, 0.25) is 0 Å². The van der Waals surface area contributed by atoms with Gasteiger partial charge in [-0.1, -0.05) is 6.92 Å². The molecule has 1 rings (SSSR count). The SMILES string of the molecule is CCC(C)N1CCNCCC1(C)C. The number of nitrogens with one attached hydrogen (secondary N) is 1. The van der Waals surface area contributed by atoms with E-state index in [1.165, 1.54) is 25.9 Å². The van der Waals surface area contributed by atoms with Gasteiger partial charge in [-0.2, -0.15) is 0 Å². The van der Waals surface area contributed by atoms with Crippen molar-refractivity contribution in [2.75, 3.05) is 19.6 Å². The van der Waals surface area contributed by atoms with E-state index in [0.29, 0.717) is 5.54 Å². The third kappa shape index (κ3) is 2.68. The Morgan fingerprint density at radius 2 is 2.08 bits per heavy atom. The van der Waals surface area contributed by atoms with Crippen LogP contribution in [0, 0.1) is 0 Å². The number of hydrogen-bond donors (Lipinski definition) is 1. The molecular weight excluding hydrogens is 160 g/mol. The zero-order chi connectivity index (χ0) is 9.90. The molecule has 0 aromatic heterocycles. The molecule has 0 amide bonds. The first-order chi connectivity index (χ1) is 6.08. The lowest BCUT2D eigenvalue weighted by Crippen LogP contribution is -2.49. The second kappa shape index (κ2) is 4.43. The van der Waals surface area contributed by atoms with Crippen molar-refractivity contribution in [3.05, 3.63) is 0 Å². The maximum Gasteiger partial charge on any atom is 0.0168 e. The molecule has 1 unspecified atom stereocenters. The van der Waals surface area contributed by atoms with Gasteiger partial charge in [-0.3, -0.25) is 4.90 Å². The van der Waals surface area contributed by atoms with Crippen LogP contribution >= 0.6 is 0 Å². The second-order valence-electron chi connectivity index (χ2n) is 4.76. The van der Waals surface area contributed by atoms with Gasteiger partial charge in [0.2, 0.25) is 0 Å². The smallest absolute Gasteiger partial charge is 0.0168 e. The fourth-order valence-electron chi connectivity index (χ4n) is 2.20. The van der Waals surface area contributed by atoms with Gasteiger partial charge in [0.05, 0.1) is 0 Å². The van der Waals surface area contributed by atoms with Crippen LogP contribution in [0.1, 0.15) is 40.5 Å². The summed E-state index contributed by atoms with van der Waals surface area (Å²) >= 11 is 0. The highest BCUT2D eigenvalue weighted by Crippen LogP contribution is 2.23. The third-order valence-corrected chi connectivity index (χ3v) is 3.34. The highest BCUT2D eigenvalue weighted by molar-refractivity contribution is 4.87. The molecule has 1 aliphatic rings. The number of nitrogens with zero attached hydrogens (tertiary/aromatic N) is 1. The molecular formula is C11H24N2. The number of rotatable bonds is 2. The molecule has 78 valence electrons. The molecule has 2 nitrogen and oxygen atoms in total. The lowest BCUT2D eigenvalue weighted by atomic mass is 9.96. The lowest BCUT2D eigenvalue weighted by molar-refractivity contribution is 0.0819. The van der Waals surface area contributed by atoms with Crippen molar-refractivity contribution in [3.8, 4) is 0 Å². The van der Waals surface area contributed by atoms with Gasteiger partial charge in [0.25, 0.3) is 0 Å². The van der Waals surface area contributed by atoms with E-state index in [-0.39, 0.29) is 0 Å². The van der Waals surface area contributed by atoms with Gasteiger partial charge < -0.3 is 5.32 Å². The molecule has 0 aromatic rings. The molecule has 0 spiro atoms. The Hall–Kier alpha value is -0.0800. The first-order valence-corrected chi connectivity index (χ1v) is 5.55. The van der Waals surface area contributed by atoms with Gasteiger partial charge in [0.15, 0.2) is 0 Å². The summed E-state index contributed by atoms with van der Waals surface area (Å²) in [6.45, 7) is 12.9. The summed E-state index contributed by atoms with van der Waals surface area (Å²) in [5.41, 5.74) is 0.374. The van der Waals surface area contributed by atoms with Crippen molar-refractivity contribution >= 4 is 0 Å². The van der Waals surface area contributed by atoms with Gasteiger partial charge in [-0.05, 0) is 40.2 Å². The fraction of sp³-hybridized carbons (Fsp3) is 1.00. The quantitative estimate of drug-likeness (QED) is 0.704. The summed E-state index contributed by atoms with van der Waals surface area (Å²) in [5.74, 6) is 0. The minimum atomic E-state index is 0.374. The number of hydrogen-bond acceptors (Lipinski definition) is 2. The van der Waals surface area contributed by atoms with E-state index >= 15 is 0 Å². The molecule has 0 aliphatic carbocycles. The standard InChI is InChI=1S/C11H24N2/c1-5-10(2)13-9-8-12-7-6-11(13,3)4/h10,12H,5-9H2,1-4H3. The van der Waals surface area contributed by atoms with Crippen molar-refractivity contribution in [2.24, 2.45) is 0 Å². The Morgan fingerprint density at radius 1 is 1.38 bits per heavy atom. The summed E-state index contributed by atoms with van der Waals surface area (Å²) in [7, 11) is 0. The molecule has 1 saturated heterocycles. The topological polar surface area (TPSA) is 15.3 Å². The second-order valence-corrected chi connectivity index (χ2v) is 4.76. The lowest BCUT2D eigenvalue weighted by Gasteiger charge is -2.41. The Bertz CT molecular complexity index is 154. The highest BCUT2D eigenvalue weighted by atomic mass is 15.2. The Labute approximate surface area is 82.7 Å². The van der Waals surface area contributed by atoms with Crippen LogP contribution in [-0.4, -0.2) is 36.1 Å². The van der Waals surface area contributed by atoms with Crippen LogP contribution in [0.5, 0.6) is 0 Å². The molecule has 0 bridgehead atoms. The average molecular weight is 184 g/mol. The maximum atomic E-state index is 3.47. The van der Waals surface area contributed by atoms with E-state index in [2.05, 4.69) is 37.9 Å². The average Bonchev–Trinajstić information content (AvgIpc) is 2.25. The molecule has 1 atom stereocenters. The molecule has 1 heterocycles. The Balaban J connectivity index is 2.65. The van der Waals surface area contributed by atoms with Crippen LogP contribution in [0.4, 0.5) is 0 Å². The molecule has 13 heavy (non-hydrogen) atoms. The maximum absolute atomic E-state index is 3.47. The zero-order valence-corrected chi connectivity index (χ0v) is 9.56. The molecule has 1 aliphatic heterocycles. The van der Waals surface area contributed by atoms with Crippen LogP contribution in [-0.2, 0) is 0 Å². The summed E-state index contributed by atoms with van der Waals surface area (Å²) in [6, 6.07) is 0.717. The van der Waals surface area contributed by atoms with E-state index in [0.717, 1.165) is 12.6 Å². The molecule has 1 fully saturated rings. The minimum absolute atomic E-state index is 0.374. The first kappa shape index (κ1) is 11.0. The summed E-state index contributed by atoms with van der Waals surface area (Å²) in [6.07, 6.45) is 2.51. The van der Waals surface area contributed by atoms with Crippen molar-refractivity contribution in [1.29, 1.82) is 0 Å². The van der Waals surface area contributed by atoms with Gasteiger partial charge >= 0.3 is 0 Å². The molecule has 0 saturated carbocycles. The van der Waals surface area contributed by atoms with Crippen molar-refractivity contribution < 1.29 is 0 Å². The van der Waals surface area contributed by atoms with Crippen molar-refractivity contribution in [3.63, 3.8) is 0 Å².